The van der Waals surface area contributed by atoms with Crippen molar-refractivity contribution >= 4 is 28.9 Å². The van der Waals surface area contributed by atoms with E-state index in [0.717, 1.165) is 30.9 Å². The van der Waals surface area contributed by atoms with Gasteiger partial charge in [0, 0.05) is 24.5 Å². The summed E-state index contributed by atoms with van der Waals surface area (Å²) in [4.78, 5) is 27.6. The molecule has 0 unspecified atom stereocenters. The Morgan fingerprint density at radius 3 is 2.00 bits per heavy atom. The maximum atomic E-state index is 13.8. The molecule has 0 spiro atoms. The van der Waals surface area contributed by atoms with Gasteiger partial charge in [-0.2, -0.15) is 0 Å². The van der Waals surface area contributed by atoms with Gasteiger partial charge in [0.25, 0.3) is 0 Å². The Bertz CT molecular complexity index is 900. The van der Waals surface area contributed by atoms with Crippen LogP contribution in [-0.2, 0) is 9.59 Å². The number of benzene rings is 2. The predicted molar refractivity (Wildman–Crippen MR) is 108 cm³/mol. The molecule has 1 heterocycles. The van der Waals surface area contributed by atoms with Crippen LogP contribution in [0.25, 0.3) is 0 Å². The van der Waals surface area contributed by atoms with E-state index < -0.39 is 34.6 Å². The van der Waals surface area contributed by atoms with E-state index in [0.29, 0.717) is 18.5 Å². The number of anilines is 3. The molecule has 2 aliphatic rings. The Balaban J connectivity index is 1.41. The van der Waals surface area contributed by atoms with Crippen LogP contribution in [0.2, 0.25) is 0 Å². The van der Waals surface area contributed by atoms with Crippen molar-refractivity contribution in [1.29, 1.82) is 0 Å². The SMILES string of the molecule is O=C(Nc1ccc(N2CCCCC2)cc1)C1(C(=O)Nc2c(F)cccc2F)CC1. The van der Waals surface area contributed by atoms with Crippen LogP contribution in [0.5, 0.6) is 0 Å². The Hall–Kier alpha value is -2.96. The van der Waals surface area contributed by atoms with Crippen molar-refractivity contribution < 1.29 is 18.4 Å². The first-order valence-corrected chi connectivity index (χ1v) is 9.91. The Labute approximate surface area is 168 Å². The minimum atomic E-state index is -1.29. The number of piperidine rings is 1. The van der Waals surface area contributed by atoms with Gasteiger partial charge in [0.1, 0.15) is 22.7 Å². The molecule has 5 nitrogen and oxygen atoms in total. The number of carbonyl (C=O) groups is 2. The van der Waals surface area contributed by atoms with Crippen LogP contribution in [-0.4, -0.2) is 24.9 Å². The molecule has 0 bridgehead atoms. The lowest BCUT2D eigenvalue weighted by molar-refractivity contribution is -0.131. The van der Waals surface area contributed by atoms with E-state index in [4.69, 9.17) is 0 Å². The van der Waals surface area contributed by atoms with E-state index in [2.05, 4.69) is 15.5 Å². The number of carbonyl (C=O) groups excluding carboxylic acids is 2. The minimum Gasteiger partial charge on any atom is -0.372 e. The second-order valence-corrected chi connectivity index (χ2v) is 7.68. The standard InChI is InChI=1S/C22H23F2N3O2/c23-17-5-4-6-18(24)19(17)26-21(29)22(11-12-22)20(28)25-15-7-9-16(10-8-15)27-13-2-1-3-14-27/h4-10H,1-3,11-14H2,(H,25,28)(H,26,29). The summed E-state index contributed by atoms with van der Waals surface area (Å²) in [7, 11) is 0. The maximum Gasteiger partial charge on any atom is 0.240 e. The summed E-state index contributed by atoms with van der Waals surface area (Å²) < 4.78 is 27.6. The highest BCUT2D eigenvalue weighted by atomic mass is 19.1. The third-order valence-electron chi connectivity index (χ3n) is 5.67. The molecule has 1 saturated heterocycles. The molecule has 0 aromatic heterocycles. The van der Waals surface area contributed by atoms with E-state index in [-0.39, 0.29) is 0 Å². The highest BCUT2D eigenvalue weighted by Gasteiger charge is 2.56. The largest absolute Gasteiger partial charge is 0.372 e. The van der Waals surface area contributed by atoms with E-state index in [1.165, 1.54) is 25.3 Å². The van der Waals surface area contributed by atoms with Crippen LogP contribution < -0.4 is 15.5 Å². The fraction of sp³-hybridized carbons (Fsp3) is 0.364. The number of halogens is 2. The molecular weight excluding hydrogens is 376 g/mol. The molecule has 29 heavy (non-hydrogen) atoms. The maximum absolute atomic E-state index is 13.8. The van der Waals surface area contributed by atoms with Crippen molar-refractivity contribution in [3.05, 3.63) is 54.1 Å². The van der Waals surface area contributed by atoms with Crippen molar-refractivity contribution in [3.8, 4) is 0 Å². The number of nitrogens with one attached hydrogen (secondary N) is 2. The zero-order valence-electron chi connectivity index (χ0n) is 16.0. The molecule has 4 rings (SSSR count). The van der Waals surface area contributed by atoms with Gasteiger partial charge in [0.05, 0.1) is 0 Å². The van der Waals surface area contributed by atoms with Crippen LogP contribution in [0.15, 0.2) is 42.5 Å². The molecular formula is C22H23F2N3O2. The van der Waals surface area contributed by atoms with E-state index >= 15 is 0 Å². The van der Waals surface area contributed by atoms with Gasteiger partial charge in [0.2, 0.25) is 11.8 Å². The second-order valence-electron chi connectivity index (χ2n) is 7.68. The van der Waals surface area contributed by atoms with Crippen LogP contribution >= 0.6 is 0 Å². The predicted octanol–water partition coefficient (Wildman–Crippen LogP) is 4.31. The second kappa shape index (κ2) is 7.81. The molecule has 2 N–H and O–H groups in total. The summed E-state index contributed by atoms with van der Waals surface area (Å²) >= 11 is 0. The van der Waals surface area contributed by atoms with E-state index in [9.17, 15) is 18.4 Å². The monoisotopic (exact) mass is 399 g/mol. The van der Waals surface area contributed by atoms with E-state index in [1.54, 1.807) is 0 Å². The first-order chi connectivity index (χ1) is 14.0. The van der Waals surface area contributed by atoms with Gasteiger partial charge in [0.15, 0.2) is 0 Å². The lowest BCUT2D eigenvalue weighted by Crippen LogP contribution is -2.36. The molecule has 1 aliphatic carbocycles. The summed E-state index contributed by atoms with van der Waals surface area (Å²) in [6, 6.07) is 10.9. The van der Waals surface area contributed by atoms with Gasteiger partial charge in [-0.05, 0) is 68.5 Å². The third kappa shape index (κ3) is 3.95. The average Bonchev–Trinajstić information content (AvgIpc) is 3.54. The lowest BCUT2D eigenvalue weighted by atomic mass is 10.0. The summed E-state index contributed by atoms with van der Waals surface area (Å²) in [5.41, 5.74) is -0.119. The number of rotatable bonds is 5. The highest BCUT2D eigenvalue weighted by Crippen LogP contribution is 2.47. The smallest absolute Gasteiger partial charge is 0.240 e. The molecule has 2 aromatic carbocycles. The van der Waals surface area contributed by atoms with Crippen molar-refractivity contribution in [2.75, 3.05) is 28.6 Å². The summed E-state index contributed by atoms with van der Waals surface area (Å²) in [5.74, 6) is -2.90. The zero-order valence-corrected chi connectivity index (χ0v) is 16.0. The number of nitrogens with zero attached hydrogens (tertiary/aromatic N) is 1. The normalized spacial score (nSPS) is 17.5. The lowest BCUT2D eigenvalue weighted by Gasteiger charge is -2.28. The minimum absolute atomic E-state index is 0.340. The van der Waals surface area contributed by atoms with Crippen molar-refractivity contribution in [2.45, 2.75) is 32.1 Å². The molecule has 0 radical (unpaired) electrons. The number of hydrogen-bond acceptors (Lipinski definition) is 3. The Kier molecular flexibility index (Phi) is 5.22. The number of amides is 2. The number of hydrogen-bond donors (Lipinski definition) is 2. The Morgan fingerprint density at radius 2 is 1.41 bits per heavy atom. The van der Waals surface area contributed by atoms with E-state index in [1.807, 2.05) is 24.3 Å². The van der Waals surface area contributed by atoms with Gasteiger partial charge < -0.3 is 15.5 Å². The van der Waals surface area contributed by atoms with Gasteiger partial charge in [-0.25, -0.2) is 8.78 Å². The van der Waals surface area contributed by atoms with Crippen LogP contribution in [0.3, 0.4) is 0 Å². The molecule has 2 aromatic rings. The first kappa shape index (κ1) is 19.4. The van der Waals surface area contributed by atoms with Crippen molar-refractivity contribution in [2.24, 2.45) is 5.41 Å². The molecule has 152 valence electrons. The van der Waals surface area contributed by atoms with Crippen molar-refractivity contribution in [3.63, 3.8) is 0 Å². The molecule has 2 fully saturated rings. The van der Waals surface area contributed by atoms with Gasteiger partial charge in [-0.3, -0.25) is 9.59 Å². The number of para-hydroxylation sites is 1. The highest BCUT2D eigenvalue weighted by molar-refractivity contribution is 6.17. The summed E-state index contributed by atoms with van der Waals surface area (Å²) in [6.07, 6.45) is 4.29. The zero-order chi connectivity index (χ0) is 20.4. The molecule has 1 aliphatic heterocycles. The van der Waals surface area contributed by atoms with Gasteiger partial charge >= 0.3 is 0 Å². The topological polar surface area (TPSA) is 61.4 Å². The molecule has 1 saturated carbocycles. The average molecular weight is 399 g/mol. The van der Waals surface area contributed by atoms with Crippen LogP contribution in [0.1, 0.15) is 32.1 Å². The molecule has 7 heteroatoms. The van der Waals surface area contributed by atoms with Crippen LogP contribution in [0.4, 0.5) is 25.8 Å². The fourth-order valence-corrected chi connectivity index (χ4v) is 3.69. The quantitative estimate of drug-likeness (QED) is 0.737. The third-order valence-corrected chi connectivity index (χ3v) is 5.67. The summed E-state index contributed by atoms with van der Waals surface area (Å²) in [5, 5.41) is 5.01. The van der Waals surface area contributed by atoms with Crippen molar-refractivity contribution in [1.82, 2.24) is 0 Å². The summed E-state index contributed by atoms with van der Waals surface area (Å²) in [6.45, 7) is 2.06. The van der Waals surface area contributed by atoms with Crippen LogP contribution in [0, 0.1) is 17.0 Å². The van der Waals surface area contributed by atoms with Gasteiger partial charge in [-0.15, -0.1) is 0 Å². The molecule has 2 amide bonds. The van der Waals surface area contributed by atoms with Gasteiger partial charge in [-0.1, -0.05) is 6.07 Å². The fourth-order valence-electron chi connectivity index (χ4n) is 3.69. The Morgan fingerprint density at radius 1 is 0.828 bits per heavy atom. The molecule has 0 atom stereocenters. The first-order valence-electron chi connectivity index (χ1n) is 9.91.